The Bertz CT molecular complexity index is 582. The molecule has 0 aliphatic carbocycles. The molecule has 0 spiro atoms. The molecule has 0 saturated heterocycles. The van der Waals surface area contributed by atoms with E-state index in [1.807, 2.05) is 6.92 Å². The number of nitrogens with one attached hydrogen (secondary N) is 1. The van der Waals surface area contributed by atoms with Gasteiger partial charge in [-0.2, -0.15) is 0 Å². The van der Waals surface area contributed by atoms with E-state index >= 15 is 0 Å². The van der Waals surface area contributed by atoms with Crippen LogP contribution < -0.4 is 5.32 Å². The van der Waals surface area contributed by atoms with Crippen molar-refractivity contribution < 1.29 is 13.2 Å². The van der Waals surface area contributed by atoms with Crippen molar-refractivity contribution in [1.29, 1.82) is 0 Å². The van der Waals surface area contributed by atoms with Crippen LogP contribution in [0.3, 0.4) is 0 Å². The van der Waals surface area contributed by atoms with Crippen LogP contribution in [-0.2, 0) is 6.54 Å². The Balaban J connectivity index is 2.42. The van der Waals surface area contributed by atoms with E-state index in [1.165, 1.54) is 12.1 Å². The van der Waals surface area contributed by atoms with Crippen molar-refractivity contribution in [2.45, 2.75) is 13.5 Å². The lowest BCUT2D eigenvalue weighted by atomic mass is 10.0. The molecular weight excluding hydrogens is 251 g/mol. The van der Waals surface area contributed by atoms with Crippen LogP contribution in [-0.4, -0.2) is 6.54 Å². The van der Waals surface area contributed by atoms with Crippen LogP contribution >= 0.6 is 0 Å². The van der Waals surface area contributed by atoms with Crippen molar-refractivity contribution in [3.8, 4) is 11.1 Å². The molecule has 0 aliphatic rings. The highest BCUT2D eigenvalue weighted by Gasteiger charge is 2.11. The molecule has 1 nitrogen and oxygen atoms in total. The summed E-state index contributed by atoms with van der Waals surface area (Å²) in [5, 5.41) is 3.11. The predicted molar refractivity (Wildman–Crippen MR) is 69.1 cm³/mol. The predicted octanol–water partition coefficient (Wildman–Crippen LogP) is 3.88. The van der Waals surface area contributed by atoms with Crippen molar-refractivity contribution >= 4 is 0 Å². The zero-order valence-electron chi connectivity index (χ0n) is 10.5. The molecule has 0 atom stereocenters. The van der Waals surface area contributed by atoms with Gasteiger partial charge in [0.1, 0.15) is 17.5 Å². The van der Waals surface area contributed by atoms with Gasteiger partial charge in [0.05, 0.1) is 0 Å². The van der Waals surface area contributed by atoms with Crippen LogP contribution in [0.2, 0.25) is 0 Å². The summed E-state index contributed by atoms with van der Waals surface area (Å²) < 4.78 is 40.3. The SMILES string of the molecule is CCNCc1ccc(F)c(-c2ccc(F)cc2F)c1. The lowest BCUT2D eigenvalue weighted by molar-refractivity contribution is 0.582. The number of rotatable bonds is 4. The molecule has 2 aromatic carbocycles. The van der Waals surface area contributed by atoms with E-state index < -0.39 is 17.5 Å². The molecule has 0 aliphatic heterocycles. The summed E-state index contributed by atoms with van der Waals surface area (Å²) in [6.07, 6.45) is 0. The van der Waals surface area contributed by atoms with E-state index in [4.69, 9.17) is 0 Å². The second kappa shape index (κ2) is 5.89. The van der Waals surface area contributed by atoms with Gasteiger partial charge in [-0.1, -0.05) is 13.0 Å². The molecule has 2 rings (SSSR count). The van der Waals surface area contributed by atoms with Gasteiger partial charge in [0.15, 0.2) is 0 Å². The van der Waals surface area contributed by atoms with Gasteiger partial charge in [0.25, 0.3) is 0 Å². The molecule has 0 aromatic heterocycles. The second-order valence-corrected chi connectivity index (χ2v) is 4.22. The van der Waals surface area contributed by atoms with Gasteiger partial charge in [0.2, 0.25) is 0 Å². The zero-order chi connectivity index (χ0) is 13.8. The summed E-state index contributed by atoms with van der Waals surface area (Å²) in [6, 6.07) is 7.64. The Morgan fingerprint density at radius 2 is 1.68 bits per heavy atom. The van der Waals surface area contributed by atoms with E-state index in [-0.39, 0.29) is 11.1 Å². The Hall–Kier alpha value is -1.81. The fourth-order valence-corrected chi connectivity index (χ4v) is 1.87. The van der Waals surface area contributed by atoms with Gasteiger partial charge in [-0.25, -0.2) is 13.2 Å². The van der Waals surface area contributed by atoms with E-state index in [2.05, 4.69) is 5.32 Å². The Morgan fingerprint density at radius 1 is 0.895 bits per heavy atom. The minimum atomic E-state index is -0.764. The minimum absolute atomic E-state index is 0.0669. The minimum Gasteiger partial charge on any atom is -0.313 e. The largest absolute Gasteiger partial charge is 0.313 e. The van der Waals surface area contributed by atoms with Gasteiger partial charge in [-0.15, -0.1) is 0 Å². The molecule has 4 heteroatoms. The van der Waals surface area contributed by atoms with Crippen molar-refractivity contribution in [3.63, 3.8) is 0 Å². The molecule has 0 heterocycles. The van der Waals surface area contributed by atoms with E-state index in [9.17, 15) is 13.2 Å². The van der Waals surface area contributed by atoms with Gasteiger partial charge < -0.3 is 5.32 Å². The standard InChI is InChI=1S/C15H14F3N/c1-2-19-9-10-3-6-14(17)13(7-10)12-5-4-11(16)8-15(12)18/h3-8,19H,2,9H2,1H3. The fourth-order valence-electron chi connectivity index (χ4n) is 1.87. The van der Waals surface area contributed by atoms with Crippen molar-refractivity contribution in [2.75, 3.05) is 6.54 Å². The Kier molecular flexibility index (Phi) is 4.22. The first-order chi connectivity index (χ1) is 9.11. The monoisotopic (exact) mass is 265 g/mol. The second-order valence-electron chi connectivity index (χ2n) is 4.22. The Morgan fingerprint density at radius 3 is 2.37 bits per heavy atom. The van der Waals surface area contributed by atoms with Crippen LogP contribution in [0.1, 0.15) is 12.5 Å². The van der Waals surface area contributed by atoms with Crippen LogP contribution in [0.4, 0.5) is 13.2 Å². The summed E-state index contributed by atoms with van der Waals surface area (Å²) in [4.78, 5) is 0. The molecule has 0 unspecified atom stereocenters. The summed E-state index contributed by atoms with van der Waals surface area (Å²) in [5.41, 5.74) is 1.06. The fraction of sp³-hybridized carbons (Fsp3) is 0.200. The topological polar surface area (TPSA) is 12.0 Å². The average Bonchev–Trinajstić information content (AvgIpc) is 2.38. The molecular formula is C15H14F3N. The van der Waals surface area contributed by atoms with Crippen LogP contribution in [0.15, 0.2) is 36.4 Å². The lowest BCUT2D eigenvalue weighted by Gasteiger charge is -2.08. The highest BCUT2D eigenvalue weighted by atomic mass is 19.1. The van der Waals surface area contributed by atoms with E-state index in [1.54, 1.807) is 12.1 Å². The lowest BCUT2D eigenvalue weighted by Crippen LogP contribution is -2.11. The molecule has 0 radical (unpaired) electrons. The zero-order valence-corrected chi connectivity index (χ0v) is 10.5. The van der Waals surface area contributed by atoms with Crippen LogP contribution in [0.5, 0.6) is 0 Å². The van der Waals surface area contributed by atoms with Gasteiger partial charge in [0, 0.05) is 23.7 Å². The molecule has 0 amide bonds. The molecule has 1 N–H and O–H groups in total. The summed E-state index contributed by atoms with van der Waals surface area (Å²) in [7, 11) is 0. The molecule has 0 saturated carbocycles. The third-order valence-electron chi connectivity index (χ3n) is 2.83. The van der Waals surface area contributed by atoms with E-state index in [0.29, 0.717) is 6.54 Å². The first-order valence-corrected chi connectivity index (χ1v) is 6.06. The number of halogens is 3. The normalized spacial score (nSPS) is 10.7. The van der Waals surface area contributed by atoms with Crippen LogP contribution in [0.25, 0.3) is 11.1 Å². The highest BCUT2D eigenvalue weighted by molar-refractivity contribution is 5.65. The molecule has 19 heavy (non-hydrogen) atoms. The third-order valence-corrected chi connectivity index (χ3v) is 2.83. The van der Waals surface area contributed by atoms with E-state index in [0.717, 1.165) is 24.2 Å². The Labute approximate surface area is 110 Å². The average molecular weight is 265 g/mol. The highest BCUT2D eigenvalue weighted by Crippen LogP contribution is 2.27. The molecule has 0 bridgehead atoms. The molecule has 0 fully saturated rings. The van der Waals surface area contributed by atoms with Crippen LogP contribution in [0, 0.1) is 17.5 Å². The summed E-state index contributed by atoms with van der Waals surface area (Å²) >= 11 is 0. The van der Waals surface area contributed by atoms with Crippen molar-refractivity contribution in [2.24, 2.45) is 0 Å². The summed E-state index contributed by atoms with van der Waals surface area (Å²) in [6.45, 7) is 3.33. The first-order valence-electron chi connectivity index (χ1n) is 6.06. The van der Waals surface area contributed by atoms with Gasteiger partial charge in [-0.3, -0.25) is 0 Å². The van der Waals surface area contributed by atoms with Gasteiger partial charge >= 0.3 is 0 Å². The third kappa shape index (κ3) is 3.15. The van der Waals surface area contributed by atoms with Crippen molar-refractivity contribution in [3.05, 3.63) is 59.4 Å². The van der Waals surface area contributed by atoms with Crippen molar-refractivity contribution in [1.82, 2.24) is 5.32 Å². The smallest absolute Gasteiger partial charge is 0.134 e. The molecule has 2 aromatic rings. The number of benzene rings is 2. The maximum Gasteiger partial charge on any atom is 0.134 e. The molecule has 100 valence electrons. The maximum absolute atomic E-state index is 13.8. The quantitative estimate of drug-likeness (QED) is 0.884. The summed E-state index contributed by atoms with van der Waals surface area (Å²) in [5.74, 6) is -1.96. The maximum atomic E-state index is 13.8. The van der Waals surface area contributed by atoms with Gasteiger partial charge in [-0.05, 0) is 36.4 Å². The number of hydrogen-bond donors (Lipinski definition) is 1. The number of hydrogen-bond acceptors (Lipinski definition) is 1. The first kappa shape index (κ1) is 13.6.